The van der Waals surface area contributed by atoms with E-state index in [-0.39, 0.29) is 0 Å². The summed E-state index contributed by atoms with van der Waals surface area (Å²) in [5.74, 6) is 0.761. The average Bonchev–Trinajstić information content (AvgIpc) is 3.15. The first-order chi connectivity index (χ1) is 9.22. The Bertz CT molecular complexity index is 546. The van der Waals surface area contributed by atoms with Crippen molar-refractivity contribution >= 4 is 34.5 Å². The molecule has 0 saturated heterocycles. The summed E-state index contributed by atoms with van der Waals surface area (Å²) >= 11 is 13.6. The van der Waals surface area contributed by atoms with Crippen molar-refractivity contribution in [2.45, 2.75) is 25.4 Å². The molecule has 0 radical (unpaired) electrons. The van der Waals surface area contributed by atoms with Gasteiger partial charge in [0.25, 0.3) is 0 Å². The van der Waals surface area contributed by atoms with Gasteiger partial charge in [-0.1, -0.05) is 35.3 Å². The van der Waals surface area contributed by atoms with Gasteiger partial charge in [0.2, 0.25) is 0 Å². The van der Waals surface area contributed by atoms with Crippen LogP contribution in [0.5, 0.6) is 0 Å². The average molecular weight is 312 g/mol. The molecule has 4 heteroatoms. The smallest absolute Gasteiger partial charge is 0.0931 e. The molecule has 1 N–H and O–H groups in total. The van der Waals surface area contributed by atoms with Crippen molar-refractivity contribution in [1.82, 2.24) is 5.32 Å². The first-order valence-electron chi connectivity index (χ1n) is 6.45. The van der Waals surface area contributed by atoms with Gasteiger partial charge in [0, 0.05) is 22.5 Å². The number of hydrogen-bond acceptors (Lipinski definition) is 2. The lowest BCUT2D eigenvalue weighted by Crippen LogP contribution is -2.22. The van der Waals surface area contributed by atoms with Crippen molar-refractivity contribution in [2.75, 3.05) is 0 Å². The second-order valence-electron chi connectivity index (χ2n) is 4.95. The third-order valence-electron chi connectivity index (χ3n) is 3.45. The summed E-state index contributed by atoms with van der Waals surface area (Å²) in [6, 6.07) is 12.7. The highest BCUT2D eigenvalue weighted by Gasteiger charge is 2.31. The van der Waals surface area contributed by atoms with Crippen LogP contribution in [0.1, 0.15) is 29.3 Å². The maximum atomic E-state index is 5.96. The van der Waals surface area contributed by atoms with Crippen LogP contribution in [0.25, 0.3) is 0 Å². The van der Waals surface area contributed by atoms with Gasteiger partial charge in [-0.25, -0.2) is 0 Å². The second-order valence-corrected chi connectivity index (χ2v) is 7.19. The van der Waals surface area contributed by atoms with Gasteiger partial charge in [0.05, 0.1) is 4.34 Å². The Labute approximate surface area is 127 Å². The summed E-state index contributed by atoms with van der Waals surface area (Å²) in [5, 5.41) is 4.45. The van der Waals surface area contributed by atoms with Crippen LogP contribution in [0.3, 0.4) is 0 Å². The molecule has 1 fully saturated rings. The molecule has 19 heavy (non-hydrogen) atoms. The number of thiophene rings is 1. The lowest BCUT2D eigenvalue weighted by Gasteiger charge is -2.18. The SMILES string of the molecule is Clc1ccc(C(NCc2ccc(Cl)s2)C2CC2)cc1. The molecule has 1 saturated carbocycles. The molecule has 1 heterocycles. The predicted molar refractivity (Wildman–Crippen MR) is 83.1 cm³/mol. The third-order valence-corrected chi connectivity index (χ3v) is 4.93. The molecule has 1 aliphatic carbocycles. The van der Waals surface area contributed by atoms with Crippen LogP contribution in [-0.2, 0) is 6.54 Å². The molecule has 100 valence electrons. The minimum absolute atomic E-state index is 0.429. The Morgan fingerprint density at radius 3 is 2.42 bits per heavy atom. The zero-order valence-corrected chi connectivity index (χ0v) is 12.7. The van der Waals surface area contributed by atoms with Gasteiger partial charge in [0.1, 0.15) is 0 Å². The highest BCUT2D eigenvalue weighted by atomic mass is 35.5. The lowest BCUT2D eigenvalue weighted by molar-refractivity contribution is 0.483. The fourth-order valence-corrected chi connectivity index (χ4v) is 3.48. The first-order valence-corrected chi connectivity index (χ1v) is 8.02. The van der Waals surface area contributed by atoms with Gasteiger partial charge < -0.3 is 5.32 Å². The molecule has 3 rings (SSSR count). The molecule has 1 aromatic heterocycles. The molecule has 1 unspecified atom stereocenters. The van der Waals surface area contributed by atoms with Gasteiger partial charge in [-0.15, -0.1) is 11.3 Å². The highest BCUT2D eigenvalue weighted by molar-refractivity contribution is 7.16. The fourth-order valence-electron chi connectivity index (χ4n) is 2.31. The van der Waals surface area contributed by atoms with Crippen LogP contribution < -0.4 is 5.32 Å². The highest BCUT2D eigenvalue weighted by Crippen LogP contribution is 2.41. The fraction of sp³-hybridized carbons (Fsp3) is 0.333. The van der Waals surface area contributed by atoms with Crippen molar-refractivity contribution in [3.05, 3.63) is 56.2 Å². The van der Waals surface area contributed by atoms with E-state index in [1.165, 1.54) is 23.3 Å². The van der Waals surface area contributed by atoms with Gasteiger partial charge in [-0.2, -0.15) is 0 Å². The Kier molecular flexibility index (Phi) is 4.13. The summed E-state index contributed by atoms with van der Waals surface area (Å²) in [4.78, 5) is 1.28. The molecule has 2 aromatic rings. The van der Waals surface area contributed by atoms with E-state index in [4.69, 9.17) is 23.2 Å². The topological polar surface area (TPSA) is 12.0 Å². The predicted octanol–water partition coefficient (Wildman–Crippen LogP) is 5.30. The molecule has 0 aliphatic heterocycles. The standard InChI is InChI=1S/C15H15Cl2NS/c16-12-5-3-11(4-6-12)15(10-1-2-10)18-9-13-7-8-14(17)19-13/h3-8,10,15,18H,1-2,9H2. The lowest BCUT2D eigenvalue weighted by atomic mass is 10.0. The number of nitrogens with one attached hydrogen (secondary N) is 1. The van der Waals surface area contributed by atoms with Crippen LogP contribution in [0.2, 0.25) is 9.36 Å². The van der Waals surface area contributed by atoms with Crippen molar-refractivity contribution < 1.29 is 0 Å². The minimum Gasteiger partial charge on any atom is -0.305 e. The van der Waals surface area contributed by atoms with E-state index in [0.717, 1.165) is 21.8 Å². The zero-order valence-electron chi connectivity index (χ0n) is 10.4. The minimum atomic E-state index is 0.429. The van der Waals surface area contributed by atoms with E-state index in [1.807, 2.05) is 18.2 Å². The number of rotatable bonds is 5. The van der Waals surface area contributed by atoms with E-state index in [9.17, 15) is 0 Å². The van der Waals surface area contributed by atoms with Crippen molar-refractivity contribution in [3.8, 4) is 0 Å². The largest absolute Gasteiger partial charge is 0.305 e. The second kappa shape index (κ2) is 5.84. The van der Waals surface area contributed by atoms with Crippen molar-refractivity contribution in [2.24, 2.45) is 5.92 Å². The Hall–Kier alpha value is -0.540. The molecular weight excluding hydrogens is 297 g/mol. The number of halogens is 2. The molecular formula is C15H15Cl2NS. The third kappa shape index (κ3) is 3.51. The number of benzene rings is 1. The monoisotopic (exact) mass is 311 g/mol. The van der Waals surface area contributed by atoms with Crippen molar-refractivity contribution in [1.29, 1.82) is 0 Å². The van der Waals surface area contributed by atoms with E-state index < -0.39 is 0 Å². The van der Waals surface area contributed by atoms with Gasteiger partial charge in [-0.3, -0.25) is 0 Å². The maximum Gasteiger partial charge on any atom is 0.0931 e. The summed E-state index contributed by atoms with van der Waals surface area (Å²) in [7, 11) is 0. The molecule has 0 amide bonds. The van der Waals surface area contributed by atoms with Crippen LogP contribution in [0.4, 0.5) is 0 Å². The normalized spacial score (nSPS) is 16.5. The van der Waals surface area contributed by atoms with E-state index in [1.54, 1.807) is 11.3 Å². The Morgan fingerprint density at radius 1 is 1.11 bits per heavy atom. The molecule has 1 nitrogen and oxygen atoms in total. The number of hydrogen-bond donors (Lipinski definition) is 1. The molecule has 1 aliphatic rings. The van der Waals surface area contributed by atoms with Crippen LogP contribution in [0, 0.1) is 5.92 Å². The van der Waals surface area contributed by atoms with Crippen LogP contribution >= 0.6 is 34.5 Å². The maximum absolute atomic E-state index is 5.96. The molecule has 1 atom stereocenters. The summed E-state index contributed by atoms with van der Waals surface area (Å²) in [6.45, 7) is 0.876. The Morgan fingerprint density at radius 2 is 1.84 bits per heavy atom. The van der Waals surface area contributed by atoms with Gasteiger partial charge in [-0.05, 0) is 48.6 Å². The zero-order chi connectivity index (χ0) is 13.2. The van der Waals surface area contributed by atoms with E-state index in [2.05, 4.69) is 23.5 Å². The Balaban J connectivity index is 1.69. The van der Waals surface area contributed by atoms with E-state index >= 15 is 0 Å². The van der Waals surface area contributed by atoms with Gasteiger partial charge in [0.15, 0.2) is 0 Å². The quantitative estimate of drug-likeness (QED) is 0.790. The van der Waals surface area contributed by atoms with E-state index in [0.29, 0.717) is 6.04 Å². The molecule has 1 aromatic carbocycles. The molecule has 0 spiro atoms. The summed E-state index contributed by atoms with van der Waals surface area (Å²) in [5.41, 5.74) is 1.33. The molecule has 0 bridgehead atoms. The van der Waals surface area contributed by atoms with Crippen LogP contribution in [-0.4, -0.2) is 0 Å². The first kappa shape index (κ1) is 13.4. The van der Waals surface area contributed by atoms with Crippen molar-refractivity contribution in [3.63, 3.8) is 0 Å². The summed E-state index contributed by atoms with van der Waals surface area (Å²) < 4.78 is 0.853. The summed E-state index contributed by atoms with van der Waals surface area (Å²) in [6.07, 6.45) is 2.62. The van der Waals surface area contributed by atoms with Crippen LogP contribution in [0.15, 0.2) is 36.4 Å². The van der Waals surface area contributed by atoms with Gasteiger partial charge >= 0.3 is 0 Å².